The van der Waals surface area contributed by atoms with Crippen molar-refractivity contribution < 1.29 is 22.8 Å². The Labute approximate surface area is 163 Å². The molecular formula is C21H26F2N2O3. The molecule has 0 amide bonds. The van der Waals surface area contributed by atoms with Gasteiger partial charge >= 0.3 is 5.97 Å². The SMILES string of the molecule is C=C(Cc1nc(-c2ccc(C(F)(F)CCCC)cc2)no1)C(=O)OC(C)(C)C. The quantitative estimate of drug-likeness (QED) is 0.441. The molecule has 152 valence electrons. The Morgan fingerprint density at radius 2 is 1.86 bits per heavy atom. The highest BCUT2D eigenvalue weighted by Gasteiger charge is 2.30. The average molecular weight is 392 g/mol. The Morgan fingerprint density at radius 1 is 1.21 bits per heavy atom. The largest absolute Gasteiger partial charge is 0.457 e. The average Bonchev–Trinajstić information content (AvgIpc) is 3.07. The Morgan fingerprint density at radius 3 is 2.43 bits per heavy atom. The number of esters is 1. The van der Waals surface area contributed by atoms with Crippen LogP contribution in [0, 0.1) is 0 Å². The maximum Gasteiger partial charge on any atom is 0.334 e. The summed E-state index contributed by atoms with van der Waals surface area (Å²) in [7, 11) is 0. The molecule has 0 aliphatic carbocycles. The first-order valence-electron chi connectivity index (χ1n) is 9.24. The van der Waals surface area contributed by atoms with Gasteiger partial charge in [0, 0.05) is 23.1 Å². The van der Waals surface area contributed by atoms with E-state index in [-0.39, 0.29) is 35.7 Å². The predicted octanol–water partition coefficient (Wildman–Crippen LogP) is 5.46. The summed E-state index contributed by atoms with van der Waals surface area (Å²) in [6.07, 6.45) is 1.05. The van der Waals surface area contributed by atoms with Gasteiger partial charge in [-0.3, -0.25) is 0 Å². The van der Waals surface area contributed by atoms with Crippen LogP contribution in [0.15, 0.2) is 40.9 Å². The molecule has 0 spiro atoms. The minimum absolute atomic E-state index is 0.0354. The van der Waals surface area contributed by atoms with Crippen LogP contribution < -0.4 is 0 Å². The number of carbonyl (C=O) groups is 1. The van der Waals surface area contributed by atoms with Crippen LogP contribution in [0.3, 0.4) is 0 Å². The van der Waals surface area contributed by atoms with E-state index < -0.39 is 17.5 Å². The Kier molecular flexibility index (Phi) is 6.69. The van der Waals surface area contributed by atoms with Gasteiger partial charge in [-0.15, -0.1) is 0 Å². The van der Waals surface area contributed by atoms with Gasteiger partial charge in [0.2, 0.25) is 11.7 Å². The Bertz CT molecular complexity index is 821. The van der Waals surface area contributed by atoms with Gasteiger partial charge in [-0.2, -0.15) is 4.98 Å². The maximum absolute atomic E-state index is 14.1. The summed E-state index contributed by atoms with van der Waals surface area (Å²) >= 11 is 0. The van der Waals surface area contributed by atoms with E-state index in [4.69, 9.17) is 9.26 Å². The zero-order chi connectivity index (χ0) is 20.9. The number of hydrogen-bond acceptors (Lipinski definition) is 5. The number of halogens is 2. The smallest absolute Gasteiger partial charge is 0.334 e. The molecule has 2 aromatic rings. The van der Waals surface area contributed by atoms with E-state index in [0.29, 0.717) is 18.4 Å². The molecule has 5 nitrogen and oxygen atoms in total. The van der Waals surface area contributed by atoms with Gasteiger partial charge in [0.25, 0.3) is 5.92 Å². The lowest BCUT2D eigenvalue weighted by Crippen LogP contribution is -2.25. The lowest BCUT2D eigenvalue weighted by Gasteiger charge is -2.19. The molecule has 0 fully saturated rings. The summed E-state index contributed by atoms with van der Waals surface area (Å²) < 4.78 is 38.6. The number of nitrogens with zero attached hydrogens (tertiary/aromatic N) is 2. The molecule has 0 N–H and O–H groups in total. The molecule has 1 heterocycles. The first-order chi connectivity index (χ1) is 13.0. The van der Waals surface area contributed by atoms with E-state index in [1.54, 1.807) is 20.8 Å². The van der Waals surface area contributed by atoms with Crippen LogP contribution in [-0.4, -0.2) is 21.7 Å². The molecule has 0 bridgehead atoms. The number of carbonyl (C=O) groups excluding carboxylic acids is 1. The third-order valence-electron chi connectivity index (χ3n) is 3.93. The summed E-state index contributed by atoms with van der Waals surface area (Å²) in [6.45, 7) is 10.9. The van der Waals surface area contributed by atoms with Crippen LogP contribution >= 0.6 is 0 Å². The van der Waals surface area contributed by atoms with Crippen molar-refractivity contribution in [2.45, 2.75) is 64.9 Å². The van der Waals surface area contributed by atoms with Crippen molar-refractivity contribution in [3.63, 3.8) is 0 Å². The maximum atomic E-state index is 14.1. The second-order valence-corrected chi connectivity index (χ2v) is 7.68. The summed E-state index contributed by atoms with van der Waals surface area (Å²) in [5.41, 5.74) is 0.0803. The molecule has 1 aromatic heterocycles. The van der Waals surface area contributed by atoms with Crippen LogP contribution in [0.5, 0.6) is 0 Å². The van der Waals surface area contributed by atoms with Crippen LogP contribution in [0.2, 0.25) is 0 Å². The molecule has 0 atom stereocenters. The zero-order valence-corrected chi connectivity index (χ0v) is 16.7. The summed E-state index contributed by atoms with van der Waals surface area (Å²) in [4.78, 5) is 16.2. The van der Waals surface area contributed by atoms with E-state index in [2.05, 4.69) is 16.7 Å². The van der Waals surface area contributed by atoms with Crippen molar-refractivity contribution >= 4 is 5.97 Å². The minimum atomic E-state index is -2.86. The second kappa shape index (κ2) is 8.63. The van der Waals surface area contributed by atoms with Gasteiger partial charge in [-0.05, 0) is 27.2 Å². The van der Waals surface area contributed by atoms with Crippen molar-refractivity contribution in [1.82, 2.24) is 10.1 Å². The first-order valence-corrected chi connectivity index (χ1v) is 9.24. The van der Waals surface area contributed by atoms with Gasteiger partial charge in [0.05, 0.1) is 6.42 Å². The number of ether oxygens (including phenoxy) is 1. The van der Waals surface area contributed by atoms with Crippen LogP contribution in [0.25, 0.3) is 11.4 Å². The first kappa shape index (κ1) is 21.7. The molecular weight excluding hydrogens is 366 g/mol. The Balaban J connectivity index is 2.05. The lowest BCUT2D eigenvalue weighted by atomic mass is 10.0. The van der Waals surface area contributed by atoms with E-state index >= 15 is 0 Å². The highest BCUT2D eigenvalue weighted by Crippen LogP contribution is 2.34. The molecule has 0 radical (unpaired) electrons. The number of hydrogen-bond donors (Lipinski definition) is 0. The van der Waals surface area contributed by atoms with Crippen LogP contribution in [0.1, 0.15) is 58.4 Å². The Hall–Kier alpha value is -2.57. The molecule has 0 aliphatic rings. The van der Waals surface area contributed by atoms with E-state index in [1.165, 1.54) is 24.3 Å². The fourth-order valence-corrected chi connectivity index (χ4v) is 2.46. The fourth-order valence-electron chi connectivity index (χ4n) is 2.46. The normalized spacial score (nSPS) is 12.1. The molecule has 0 aliphatic heterocycles. The third-order valence-corrected chi connectivity index (χ3v) is 3.93. The third kappa shape index (κ3) is 5.97. The monoisotopic (exact) mass is 392 g/mol. The lowest BCUT2D eigenvalue weighted by molar-refractivity contribution is -0.150. The number of rotatable bonds is 8. The van der Waals surface area contributed by atoms with Crippen molar-refractivity contribution in [2.24, 2.45) is 0 Å². The number of alkyl halides is 2. The van der Waals surface area contributed by atoms with Crippen molar-refractivity contribution in [2.75, 3.05) is 0 Å². The fraction of sp³-hybridized carbons (Fsp3) is 0.476. The van der Waals surface area contributed by atoms with Crippen LogP contribution in [0.4, 0.5) is 8.78 Å². The molecule has 0 unspecified atom stereocenters. The predicted molar refractivity (Wildman–Crippen MR) is 102 cm³/mol. The summed E-state index contributed by atoms with van der Waals surface area (Å²) in [6, 6.07) is 5.82. The highest BCUT2D eigenvalue weighted by atomic mass is 19.3. The molecule has 1 aromatic carbocycles. The van der Waals surface area contributed by atoms with Gasteiger partial charge in [-0.25, -0.2) is 13.6 Å². The zero-order valence-electron chi connectivity index (χ0n) is 16.7. The van der Waals surface area contributed by atoms with Gasteiger partial charge in [0.1, 0.15) is 5.60 Å². The number of aromatic nitrogens is 2. The van der Waals surface area contributed by atoms with E-state index in [0.717, 1.165) is 0 Å². The molecule has 0 saturated carbocycles. The van der Waals surface area contributed by atoms with Gasteiger partial charge in [-0.1, -0.05) is 49.3 Å². The number of benzene rings is 1. The standard InChI is InChI=1S/C21H26F2N2O3/c1-6-7-12-21(22,23)16-10-8-15(9-11-16)18-24-17(28-25-18)13-14(2)19(26)27-20(3,4)5/h8-11H,2,6-7,12-13H2,1,3-5H3. The van der Waals surface area contributed by atoms with Crippen LogP contribution in [-0.2, 0) is 21.9 Å². The second-order valence-electron chi connectivity index (χ2n) is 7.68. The summed E-state index contributed by atoms with van der Waals surface area (Å²) in [5.74, 6) is -2.94. The molecule has 0 saturated heterocycles. The summed E-state index contributed by atoms with van der Waals surface area (Å²) in [5, 5.41) is 3.85. The topological polar surface area (TPSA) is 65.2 Å². The number of unbranched alkanes of at least 4 members (excludes halogenated alkanes) is 1. The minimum Gasteiger partial charge on any atom is -0.457 e. The van der Waals surface area contributed by atoms with Gasteiger partial charge < -0.3 is 9.26 Å². The molecule has 7 heteroatoms. The van der Waals surface area contributed by atoms with Crippen molar-refractivity contribution in [1.29, 1.82) is 0 Å². The van der Waals surface area contributed by atoms with Crippen molar-refractivity contribution in [3.05, 3.63) is 47.9 Å². The van der Waals surface area contributed by atoms with E-state index in [1.807, 2.05) is 6.92 Å². The van der Waals surface area contributed by atoms with Gasteiger partial charge in [0.15, 0.2) is 0 Å². The molecule has 28 heavy (non-hydrogen) atoms. The molecule has 2 rings (SSSR count). The highest BCUT2D eigenvalue weighted by molar-refractivity contribution is 5.88. The van der Waals surface area contributed by atoms with E-state index in [9.17, 15) is 13.6 Å². The van der Waals surface area contributed by atoms with Crippen molar-refractivity contribution in [3.8, 4) is 11.4 Å².